The van der Waals surface area contributed by atoms with Crippen molar-refractivity contribution < 1.29 is 27.4 Å². The van der Waals surface area contributed by atoms with Crippen LogP contribution >= 0.6 is 11.6 Å². The Morgan fingerprint density at radius 1 is 1.20 bits per heavy atom. The molecule has 0 saturated heterocycles. The van der Waals surface area contributed by atoms with E-state index in [0.717, 1.165) is 29.7 Å². The van der Waals surface area contributed by atoms with E-state index in [4.69, 9.17) is 21.1 Å². The molecule has 0 radical (unpaired) electrons. The molecule has 1 amide bonds. The second-order valence-electron chi connectivity index (χ2n) is 8.99. The van der Waals surface area contributed by atoms with Crippen molar-refractivity contribution in [2.75, 3.05) is 23.8 Å². The number of anilines is 3. The smallest absolute Gasteiger partial charge is 0.417 e. The summed E-state index contributed by atoms with van der Waals surface area (Å²) in [5.41, 5.74) is -1.55. The fraction of sp³-hybridized carbons (Fsp3) is 0.346. The summed E-state index contributed by atoms with van der Waals surface area (Å²) in [6, 6.07) is 3.77. The van der Waals surface area contributed by atoms with Gasteiger partial charge in [-0.1, -0.05) is 24.9 Å². The van der Waals surface area contributed by atoms with E-state index in [1.165, 1.54) is 30.0 Å². The Labute approximate surface area is 237 Å². The van der Waals surface area contributed by atoms with E-state index in [-0.39, 0.29) is 52.9 Å². The molecule has 0 unspecified atom stereocenters. The number of ether oxygens (including phenoxy) is 2. The molecule has 41 heavy (non-hydrogen) atoms. The SMILES string of the molecule is CCCCOCCn1cc(C(F)(F)F)cc(Nc2nc3ncc(Oc4ccnc(NC(C)=O)c4)c(Cl)c3n2C)c1=O. The maximum Gasteiger partial charge on any atom is 0.417 e. The first-order valence-corrected chi connectivity index (χ1v) is 12.9. The minimum absolute atomic E-state index is 0.0329. The van der Waals surface area contributed by atoms with Gasteiger partial charge in [0.05, 0.1) is 18.4 Å². The Kier molecular flexibility index (Phi) is 9.13. The first kappa shape index (κ1) is 29.8. The van der Waals surface area contributed by atoms with Crippen molar-refractivity contribution in [1.29, 1.82) is 0 Å². The zero-order chi connectivity index (χ0) is 29.7. The molecule has 0 bridgehead atoms. The number of imidazole rings is 1. The number of rotatable bonds is 11. The third-order valence-electron chi connectivity index (χ3n) is 5.85. The van der Waals surface area contributed by atoms with Gasteiger partial charge in [-0.15, -0.1) is 0 Å². The van der Waals surface area contributed by atoms with Crippen LogP contribution in [-0.2, 0) is 29.3 Å². The van der Waals surface area contributed by atoms with E-state index in [2.05, 4.69) is 25.6 Å². The molecule has 4 aromatic rings. The molecule has 0 fully saturated rings. The first-order chi connectivity index (χ1) is 19.5. The number of amides is 1. The number of hydrogen-bond acceptors (Lipinski definition) is 8. The third-order valence-corrected chi connectivity index (χ3v) is 6.21. The van der Waals surface area contributed by atoms with Gasteiger partial charge >= 0.3 is 6.18 Å². The number of alkyl halides is 3. The molecule has 2 N–H and O–H groups in total. The average Bonchev–Trinajstić information content (AvgIpc) is 3.22. The summed E-state index contributed by atoms with van der Waals surface area (Å²) in [5.74, 6) is 0.462. The van der Waals surface area contributed by atoms with Crippen LogP contribution in [0.2, 0.25) is 5.02 Å². The van der Waals surface area contributed by atoms with Crippen LogP contribution < -0.4 is 20.9 Å². The maximum atomic E-state index is 13.7. The van der Waals surface area contributed by atoms with E-state index in [1.807, 2.05) is 6.92 Å². The van der Waals surface area contributed by atoms with Crippen LogP contribution in [-0.4, -0.2) is 43.2 Å². The quantitative estimate of drug-likeness (QED) is 0.218. The van der Waals surface area contributed by atoms with E-state index < -0.39 is 17.3 Å². The summed E-state index contributed by atoms with van der Waals surface area (Å²) in [7, 11) is 1.56. The van der Waals surface area contributed by atoms with Crippen LogP contribution in [0.3, 0.4) is 0 Å². The molecule has 11 nitrogen and oxygen atoms in total. The number of hydrogen-bond donors (Lipinski definition) is 2. The second kappa shape index (κ2) is 12.6. The number of pyridine rings is 3. The molecule has 0 aliphatic carbocycles. The van der Waals surface area contributed by atoms with Gasteiger partial charge in [-0.3, -0.25) is 9.59 Å². The molecule has 0 saturated carbocycles. The summed E-state index contributed by atoms with van der Waals surface area (Å²) in [4.78, 5) is 37.0. The van der Waals surface area contributed by atoms with Gasteiger partial charge in [0.1, 0.15) is 27.8 Å². The Balaban J connectivity index is 1.64. The van der Waals surface area contributed by atoms with Crippen LogP contribution in [0.25, 0.3) is 11.2 Å². The predicted molar refractivity (Wildman–Crippen MR) is 147 cm³/mol. The molecule has 218 valence electrons. The molecule has 0 atom stereocenters. The van der Waals surface area contributed by atoms with Crippen LogP contribution in [0.5, 0.6) is 11.5 Å². The average molecular weight is 594 g/mol. The number of nitrogens with zero attached hydrogens (tertiary/aromatic N) is 5. The van der Waals surface area contributed by atoms with Crippen molar-refractivity contribution in [3.8, 4) is 11.5 Å². The fourth-order valence-corrected chi connectivity index (χ4v) is 4.12. The zero-order valence-electron chi connectivity index (χ0n) is 22.4. The standard InChI is InChI=1S/C26H27ClF3N7O4/c1-4-5-9-40-10-8-37-14-16(26(28,29)30)11-18(24(37)39)34-25-35-23-22(36(25)3)21(27)19(13-32-23)41-17-6-7-31-20(12-17)33-15(2)38/h6-7,11-14H,4-5,8-10H2,1-3H3,(H,31,33,38)(H,32,34,35). The lowest BCUT2D eigenvalue weighted by atomic mass is 10.2. The third kappa shape index (κ3) is 7.13. The molecule has 4 heterocycles. The minimum atomic E-state index is -4.69. The molecule has 4 aromatic heterocycles. The molecular formula is C26H27ClF3N7O4. The predicted octanol–water partition coefficient (Wildman–Crippen LogP) is 5.51. The Morgan fingerprint density at radius 2 is 1.98 bits per heavy atom. The van der Waals surface area contributed by atoms with Crippen LogP contribution in [0, 0.1) is 0 Å². The van der Waals surface area contributed by atoms with Gasteiger partial charge < -0.3 is 29.2 Å². The molecule has 0 spiro atoms. The molecule has 0 aromatic carbocycles. The van der Waals surface area contributed by atoms with Crippen LogP contribution in [0.1, 0.15) is 32.3 Å². The molecule has 4 rings (SSSR count). The number of carbonyl (C=O) groups excluding carboxylic acids is 1. The minimum Gasteiger partial charge on any atom is -0.454 e. The summed E-state index contributed by atoms with van der Waals surface area (Å²) < 4.78 is 54.6. The van der Waals surface area contributed by atoms with E-state index in [9.17, 15) is 22.8 Å². The van der Waals surface area contributed by atoms with Crippen molar-refractivity contribution in [2.45, 2.75) is 39.4 Å². The summed E-state index contributed by atoms with van der Waals surface area (Å²) >= 11 is 6.60. The lowest BCUT2D eigenvalue weighted by Gasteiger charge is -2.15. The molecular weight excluding hydrogens is 567 g/mol. The normalized spacial score (nSPS) is 11.6. The highest BCUT2D eigenvalue weighted by Gasteiger charge is 2.32. The Hall–Kier alpha value is -4.17. The van der Waals surface area contributed by atoms with Gasteiger partial charge in [0.2, 0.25) is 11.9 Å². The second-order valence-corrected chi connectivity index (χ2v) is 9.37. The highest BCUT2D eigenvalue weighted by Crippen LogP contribution is 2.36. The van der Waals surface area contributed by atoms with E-state index >= 15 is 0 Å². The zero-order valence-corrected chi connectivity index (χ0v) is 23.1. The first-order valence-electron chi connectivity index (χ1n) is 12.6. The number of aryl methyl sites for hydroxylation is 1. The van der Waals surface area contributed by atoms with Gasteiger partial charge in [-0.2, -0.15) is 18.2 Å². The van der Waals surface area contributed by atoms with E-state index in [1.54, 1.807) is 13.1 Å². The highest BCUT2D eigenvalue weighted by molar-refractivity contribution is 6.36. The van der Waals surface area contributed by atoms with Gasteiger partial charge in [0.25, 0.3) is 5.56 Å². The molecule has 0 aliphatic rings. The van der Waals surface area contributed by atoms with Gasteiger partial charge in [0.15, 0.2) is 11.4 Å². The maximum absolute atomic E-state index is 13.7. The van der Waals surface area contributed by atoms with Crippen molar-refractivity contribution in [1.82, 2.24) is 24.1 Å². The van der Waals surface area contributed by atoms with Crippen molar-refractivity contribution in [3.05, 3.63) is 57.7 Å². The number of halogens is 4. The van der Waals surface area contributed by atoms with Crippen molar-refractivity contribution in [3.63, 3.8) is 0 Å². The van der Waals surface area contributed by atoms with Gasteiger partial charge in [0, 0.05) is 45.6 Å². The van der Waals surface area contributed by atoms with E-state index in [0.29, 0.717) is 17.9 Å². The fourth-order valence-electron chi connectivity index (χ4n) is 3.82. The lowest BCUT2D eigenvalue weighted by molar-refractivity contribution is -0.138. The summed E-state index contributed by atoms with van der Waals surface area (Å²) in [6.07, 6.45) is 0.559. The molecule has 0 aliphatic heterocycles. The van der Waals surface area contributed by atoms with Crippen molar-refractivity contribution >= 4 is 46.1 Å². The number of aromatic nitrogens is 5. The Morgan fingerprint density at radius 3 is 2.68 bits per heavy atom. The van der Waals surface area contributed by atoms with Crippen LogP contribution in [0.15, 0.2) is 41.6 Å². The highest BCUT2D eigenvalue weighted by atomic mass is 35.5. The number of fused-ring (bicyclic) bond motifs is 1. The van der Waals surface area contributed by atoms with Gasteiger partial charge in [-0.05, 0) is 18.6 Å². The van der Waals surface area contributed by atoms with Crippen molar-refractivity contribution in [2.24, 2.45) is 7.05 Å². The van der Waals surface area contributed by atoms with Crippen LogP contribution in [0.4, 0.5) is 30.6 Å². The molecule has 15 heteroatoms. The number of carbonyl (C=O) groups is 1. The largest absolute Gasteiger partial charge is 0.454 e. The monoisotopic (exact) mass is 593 g/mol. The number of nitrogens with one attached hydrogen (secondary N) is 2. The summed E-state index contributed by atoms with van der Waals surface area (Å²) in [5, 5.41) is 5.36. The number of unbranched alkanes of at least 4 members (excludes halogenated alkanes) is 1. The topological polar surface area (TPSA) is 125 Å². The lowest BCUT2D eigenvalue weighted by Crippen LogP contribution is -2.27. The summed E-state index contributed by atoms with van der Waals surface area (Å²) in [6.45, 7) is 3.81. The van der Waals surface area contributed by atoms with Gasteiger partial charge in [-0.25, -0.2) is 9.97 Å². The Bertz CT molecular complexity index is 1620.